The molecule has 0 aliphatic heterocycles. The molecule has 0 N–H and O–H groups in total. The molecule has 1 heterocycles. The molecule has 0 radical (unpaired) electrons. The first-order valence-electron chi connectivity index (χ1n) is 4.44. The summed E-state index contributed by atoms with van der Waals surface area (Å²) in [5, 5.41) is 0. The largest absolute Gasteiger partial charge is 0.265 e. The van der Waals surface area contributed by atoms with E-state index in [9.17, 15) is 0 Å². The third kappa shape index (κ3) is 1.70. The second kappa shape index (κ2) is 3.93. The number of aromatic nitrogens is 1. The van der Waals surface area contributed by atoms with E-state index in [2.05, 4.69) is 40.0 Å². The van der Waals surface area contributed by atoms with Crippen LogP contribution in [0.1, 0.15) is 5.56 Å². The van der Waals surface area contributed by atoms with Crippen LogP contribution >= 0.6 is 15.9 Å². The lowest BCUT2D eigenvalue weighted by Crippen LogP contribution is -1.84. The van der Waals surface area contributed by atoms with Gasteiger partial charge in [0.2, 0.25) is 0 Å². The molecule has 14 heavy (non-hydrogen) atoms. The molecule has 0 unspecified atom stereocenters. The summed E-state index contributed by atoms with van der Waals surface area (Å²) in [6.07, 6.45) is 3.63. The number of halogens is 1. The lowest BCUT2D eigenvalue weighted by molar-refractivity contribution is 1.32. The minimum absolute atomic E-state index is 1.15. The van der Waals surface area contributed by atoms with Crippen LogP contribution in [-0.2, 0) is 0 Å². The lowest BCUT2D eigenvalue weighted by Gasteiger charge is -2.06. The number of pyridine rings is 1. The summed E-state index contributed by atoms with van der Waals surface area (Å²) in [6.45, 7) is 2.11. The summed E-state index contributed by atoms with van der Waals surface area (Å²) in [7, 11) is 0. The second-order valence-electron chi connectivity index (χ2n) is 3.15. The molecule has 0 aliphatic carbocycles. The average molecular weight is 248 g/mol. The van der Waals surface area contributed by atoms with E-state index in [0.29, 0.717) is 0 Å². The summed E-state index contributed by atoms with van der Waals surface area (Å²) in [6, 6.07) is 10.3. The van der Waals surface area contributed by atoms with Gasteiger partial charge in [-0.3, -0.25) is 4.98 Å². The molecule has 0 amide bonds. The van der Waals surface area contributed by atoms with E-state index >= 15 is 0 Å². The van der Waals surface area contributed by atoms with Gasteiger partial charge in [-0.15, -0.1) is 0 Å². The highest BCUT2D eigenvalue weighted by molar-refractivity contribution is 9.10. The van der Waals surface area contributed by atoms with Gasteiger partial charge in [-0.2, -0.15) is 0 Å². The van der Waals surface area contributed by atoms with Crippen LogP contribution < -0.4 is 0 Å². The monoisotopic (exact) mass is 247 g/mol. The van der Waals surface area contributed by atoms with Crippen LogP contribution in [0.2, 0.25) is 0 Å². The first kappa shape index (κ1) is 9.41. The van der Waals surface area contributed by atoms with Crippen LogP contribution in [0.5, 0.6) is 0 Å². The van der Waals surface area contributed by atoms with Gasteiger partial charge in [0, 0.05) is 16.9 Å². The van der Waals surface area contributed by atoms with E-state index < -0.39 is 0 Å². The zero-order valence-corrected chi connectivity index (χ0v) is 9.45. The third-order valence-corrected chi connectivity index (χ3v) is 3.12. The van der Waals surface area contributed by atoms with E-state index in [1.807, 2.05) is 30.6 Å². The van der Waals surface area contributed by atoms with E-state index in [4.69, 9.17) is 0 Å². The van der Waals surface area contributed by atoms with E-state index in [1.165, 1.54) is 16.7 Å². The predicted octanol–water partition coefficient (Wildman–Crippen LogP) is 3.82. The summed E-state index contributed by atoms with van der Waals surface area (Å²) >= 11 is 3.53. The normalized spacial score (nSPS) is 10.1. The van der Waals surface area contributed by atoms with Gasteiger partial charge in [-0.1, -0.05) is 28.1 Å². The number of rotatable bonds is 1. The molecular weight excluding hydrogens is 238 g/mol. The van der Waals surface area contributed by atoms with Gasteiger partial charge in [0.1, 0.15) is 0 Å². The first-order valence-corrected chi connectivity index (χ1v) is 5.24. The molecule has 0 spiro atoms. The zero-order chi connectivity index (χ0) is 9.97. The Morgan fingerprint density at radius 2 is 1.79 bits per heavy atom. The Kier molecular flexibility index (Phi) is 2.64. The molecule has 1 nitrogen and oxygen atoms in total. The standard InChI is InChI=1S/C12H10BrN/c1-9-11(3-2-4-12(9)13)10-5-7-14-8-6-10/h2-8H,1H3. The van der Waals surface area contributed by atoms with Crippen LogP contribution in [0.25, 0.3) is 11.1 Å². The van der Waals surface area contributed by atoms with Crippen LogP contribution in [0.15, 0.2) is 47.2 Å². The molecule has 0 atom stereocenters. The van der Waals surface area contributed by atoms with Crippen molar-refractivity contribution in [3.05, 3.63) is 52.8 Å². The van der Waals surface area contributed by atoms with Gasteiger partial charge in [-0.25, -0.2) is 0 Å². The van der Waals surface area contributed by atoms with Gasteiger partial charge in [-0.05, 0) is 41.8 Å². The Labute approximate surface area is 91.9 Å². The van der Waals surface area contributed by atoms with Crippen molar-refractivity contribution >= 4 is 15.9 Å². The van der Waals surface area contributed by atoms with Crippen molar-refractivity contribution in [2.24, 2.45) is 0 Å². The maximum Gasteiger partial charge on any atom is 0.0273 e. The van der Waals surface area contributed by atoms with Crippen molar-refractivity contribution in [2.75, 3.05) is 0 Å². The molecule has 2 aromatic rings. The highest BCUT2D eigenvalue weighted by Crippen LogP contribution is 2.27. The Balaban J connectivity index is 2.58. The molecule has 1 aromatic heterocycles. The Hall–Kier alpha value is -1.15. The van der Waals surface area contributed by atoms with Crippen molar-refractivity contribution in [1.82, 2.24) is 4.98 Å². The van der Waals surface area contributed by atoms with Crippen molar-refractivity contribution < 1.29 is 0 Å². The summed E-state index contributed by atoms with van der Waals surface area (Å²) in [5.41, 5.74) is 3.72. The number of benzene rings is 1. The smallest absolute Gasteiger partial charge is 0.0273 e. The maximum absolute atomic E-state index is 4.01. The van der Waals surface area contributed by atoms with Crippen LogP contribution in [-0.4, -0.2) is 4.98 Å². The molecule has 0 saturated carbocycles. The Morgan fingerprint density at radius 1 is 1.07 bits per heavy atom. The molecule has 0 saturated heterocycles. The highest BCUT2D eigenvalue weighted by Gasteiger charge is 2.02. The fraction of sp³-hybridized carbons (Fsp3) is 0.0833. The molecule has 2 heteroatoms. The average Bonchev–Trinajstić information content (AvgIpc) is 2.23. The minimum Gasteiger partial charge on any atom is -0.265 e. The number of nitrogens with zero attached hydrogens (tertiary/aromatic N) is 1. The van der Waals surface area contributed by atoms with Crippen molar-refractivity contribution in [3.8, 4) is 11.1 Å². The fourth-order valence-electron chi connectivity index (χ4n) is 1.45. The van der Waals surface area contributed by atoms with Gasteiger partial charge in [0.25, 0.3) is 0 Å². The number of hydrogen-bond acceptors (Lipinski definition) is 1. The molecule has 1 aromatic carbocycles. The second-order valence-corrected chi connectivity index (χ2v) is 4.00. The SMILES string of the molecule is Cc1c(Br)cccc1-c1ccncc1. The fourth-order valence-corrected chi connectivity index (χ4v) is 1.82. The Bertz CT molecular complexity index is 437. The molecular formula is C12H10BrN. The van der Waals surface area contributed by atoms with Crippen LogP contribution in [0.3, 0.4) is 0 Å². The van der Waals surface area contributed by atoms with E-state index in [1.54, 1.807) is 0 Å². The van der Waals surface area contributed by atoms with Crippen molar-refractivity contribution in [1.29, 1.82) is 0 Å². The molecule has 0 fully saturated rings. The van der Waals surface area contributed by atoms with Crippen molar-refractivity contribution in [2.45, 2.75) is 6.92 Å². The summed E-state index contributed by atoms with van der Waals surface area (Å²) in [4.78, 5) is 4.01. The quantitative estimate of drug-likeness (QED) is 0.747. The maximum atomic E-state index is 4.01. The van der Waals surface area contributed by atoms with Crippen LogP contribution in [0, 0.1) is 6.92 Å². The van der Waals surface area contributed by atoms with Gasteiger partial charge in [0.15, 0.2) is 0 Å². The van der Waals surface area contributed by atoms with Crippen LogP contribution in [0.4, 0.5) is 0 Å². The molecule has 70 valence electrons. The highest BCUT2D eigenvalue weighted by atomic mass is 79.9. The topological polar surface area (TPSA) is 12.9 Å². The predicted molar refractivity (Wildman–Crippen MR) is 62.1 cm³/mol. The molecule has 0 bridgehead atoms. The van der Waals surface area contributed by atoms with Gasteiger partial charge in [0.05, 0.1) is 0 Å². The molecule has 0 aliphatic rings. The lowest BCUT2D eigenvalue weighted by atomic mass is 10.0. The van der Waals surface area contributed by atoms with Crippen molar-refractivity contribution in [3.63, 3.8) is 0 Å². The zero-order valence-electron chi connectivity index (χ0n) is 7.87. The summed E-state index contributed by atoms with van der Waals surface area (Å²) < 4.78 is 1.15. The van der Waals surface area contributed by atoms with Gasteiger partial charge < -0.3 is 0 Å². The first-order chi connectivity index (χ1) is 6.79. The minimum atomic E-state index is 1.15. The number of hydrogen-bond donors (Lipinski definition) is 0. The van der Waals surface area contributed by atoms with Gasteiger partial charge >= 0.3 is 0 Å². The Morgan fingerprint density at radius 3 is 2.50 bits per heavy atom. The molecule has 2 rings (SSSR count). The van der Waals surface area contributed by atoms with E-state index in [-0.39, 0.29) is 0 Å². The third-order valence-electron chi connectivity index (χ3n) is 2.26. The van der Waals surface area contributed by atoms with E-state index in [0.717, 1.165) is 4.47 Å². The summed E-state index contributed by atoms with van der Waals surface area (Å²) in [5.74, 6) is 0.